The number of carbonyl (C=O) groups excluding carboxylic acids is 2. The average molecular weight is 508 g/mol. The number of aromatic nitrogens is 1. The van der Waals surface area contributed by atoms with Crippen LogP contribution in [0.3, 0.4) is 0 Å². The second-order valence-corrected chi connectivity index (χ2v) is 10.4. The van der Waals surface area contributed by atoms with Crippen LogP contribution in [0.2, 0.25) is 0 Å². The lowest BCUT2D eigenvalue weighted by molar-refractivity contribution is -0.137. The number of carbonyl (C=O) groups is 2. The molecular weight excluding hydrogens is 483 g/mol. The molecule has 1 saturated heterocycles. The van der Waals surface area contributed by atoms with Crippen LogP contribution in [-0.2, 0) is 32.1 Å². The monoisotopic (exact) mass is 507 g/mol. The van der Waals surface area contributed by atoms with Gasteiger partial charge in [-0.25, -0.2) is 8.42 Å². The van der Waals surface area contributed by atoms with Crippen LogP contribution in [0.5, 0.6) is 0 Å². The van der Waals surface area contributed by atoms with Crippen LogP contribution in [0, 0.1) is 0 Å². The minimum absolute atomic E-state index is 0.0201. The maximum Gasteiger partial charge on any atom is 0.416 e. The topological polar surface area (TPSA) is 88.5 Å². The number of para-hydroxylation sites is 1. The predicted molar refractivity (Wildman–Crippen MR) is 124 cm³/mol. The van der Waals surface area contributed by atoms with E-state index in [1.807, 2.05) is 0 Å². The summed E-state index contributed by atoms with van der Waals surface area (Å²) in [5.74, 6) is -1.89. The summed E-state index contributed by atoms with van der Waals surface area (Å²) in [6.07, 6.45) is -0.201. The molecule has 0 radical (unpaired) electrons. The maximum absolute atomic E-state index is 13.1. The number of sulfone groups is 1. The number of fused-ring (bicyclic) bond motifs is 1. The van der Waals surface area contributed by atoms with Crippen LogP contribution >= 0.6 is 0 Å². The Morgan fingerprint density at radius 1 is 0.943 bits per heavy atom. The van der Waals surface area contributed by atoms with Crippen molar-refractivity contribution in [3.05, 3.63) is 60.3 Å². The molecule has 2 heterocycles. The van der Waals surface area contributed by atoms with Crippen molar-refractivity contribution in [1.29, 1.82) is 0 Å². The zero-order valence-electron chi connectivity index (χ0n) is 18.7. The fraction of sp³-hybridized carbons (Fsp3) is 0.333. The predicted octanol–water partition coefficient (Wildman–Crippen LogP) is 4.09. The third kappa shape index (κ3) is 5.67. The number of likely N-dealkylation sites (tertiary alicyclic amines) is 1. The molecule has 2 aromatic carbocycles. The second-order valence-electron chi connectivity index (χ2n) is 8.46. The quantitative estimate of drug-likeness (QED) is 0.545. The Hall–Kier alpha value is -3.34. The lowest BCUT2D eigenvalue weighted by atomic mass is 10.1. The summed E-state index contributed by atoms with van der Waals surface area (Å²) in [5, 5.41) is 2.71. The molecule has 1 N–H and O–H groups in total. The maximum atomic E-state index is 13.1. The minimum atomic E-state index is -4.52. The zero-order valence-corrected chi connectivity index (χ0v) is 19.5. The highest BCUT2D eigenvalue weighted by atomic mass is 32.2. The Labute approximate surface area is 200 Å². The number of benzene rings is 2. The van der Waals surface area contributed by atoms with Crippen LogP contribution in [0.15, 0.2) is 59.6 Å². The summed E-state index contributed by atoms with van der Waals surface area (Å²) in [7, 11) is -4.12. The lowest BCUT2D eigenvalue weighted by Gasteiger charge is -2.27. The average Bonchev–Trinajstić information content (AvgIpc) is 3.18. The van der Waals surface area contributed by atoms with E-state index in [0.717, 1.165) is 43.5 Å². The highest BCUT2D eigenvalue weighted by molar-refractivity contribution is 7.92. The Morgan fingerprint density at radius 2 is 1.60 bits per heavy atom. The number of nitrogens with one attached hydrogen (secondary N) is 1. The first-order chi connectivity index (χ1) is 16.5. The van der Waals surface area contributed by atoms with Gasteiger partial charge in [0.15, 0.2) is 9.84 Å². The van der Waals surface area contributed by atoms with E-state index in [1.54, 1.807) is 33.7 Å². The highest BCUT2D eigenvalue weighted by Gasteiger charge is 2.30. The van der Waals surface area contributed by atoms with E-state index >= 15 is 0 Å². The van der Waals surface area contributed by atoms with Gasteiger partial charge in [-0.1, -0.05) is 18.2 Å². The van der Waals surface area contributed by atoms with E-state index in [1.165, 1.54) is 6.20 Å². The number of nitrogens with zero attached hydrogens (tertiary/aromatic N) is 2. The van der Waals surface area contributed by atoms with E-state index in [-0.39, 0.29) is 23.0 Å². The lowest BCUT2D eigenvalue weighted by Crippen LogP contribution is -2.37. The van der Waals surface area contributed by atoms with Gasteiger partial charge in [-0.3, -0.25) is 9.59 Å². The molecule has 186 valence electrons. The molecule has 3 aromatic rings. The Balaban J connectivity index is 1.52. The third-order valence-electron chi connectivity index (χ3n) is 5.92. The van der Waals surface area contributed by atoms with Crippen LogP contribution in [0.1, 0.15) is 24.8 Å². The SMILES string of the molecule is O=C(CS(=O)(=O)c1cn(CC(=O)N2CCCCC2)c2ccccc12)Nc1ccc(C(F)(F)F)cc1. The van der Waals surface area contributed by atoms with Crippen LogP contribution in [0.4, 0.5) is 18.9 Å². The van der Waals surface area contributed by atoms with Crippen molar-refractivity contribution >= 4 is 38.2 Å². The van der Waals surface area contributed by atoms with Crippen molar-refractivity contribution in [2.24, 2.45) is 0 Å². The van der Waals surface area contributed by atoms with Gasteiger partial charge in [-0.05, 0) is 49.6 Å². The molecule has 1 fully saturated rings. The van der Waals surface area contributed by atoms with Gasteiger partial charge in [0.05, 0.1) is 10.5 Å². The number of amides is 2. The summed E-state index contributed by atoms with van der Waals surface area (Å²) in [6, 6.07) is 10.4. The summed E-state index contributed by atoms with van der Waals surface area (Å²) < 4.78 is 65.9. The van der Waals surface area contributed by atoms with Gasteiger partial charge in [0.25, 0.3) is 0 Å². The molecule has 0 unspecified atom stereocenters. The number of hydrogen-bond acceptors (Lipinski definition) is 4. The van der Waals surface area contributed by atoms with Gasteiger partial charge >= 0.3 is 6.18 Å². The Kier molecular flexibility index (Phi) is 6.88. The molecule has 0 spiro atoms. The largest absolute Gasteiger partial charge is 0.416 e. The molecule has 35 heavy (non-hydrogen) atoms. The smallest absolute Gasteiger partial charge is 0.341 e. The Bertz CT molecular complexity index is 1340. The summed E-state index contributed by atoms with van der Waals surface area (Å²) >= 11 is 0. The van der Waals surface area contributed by atoms with Crippen LogP contribution in [0.25, 0.3) is 10.9 Å². The molecular formula is C24H24F3N3O4S. The van der Waals surface area contributed by atoms with Crippen molar-refractivity contribution in [2.75, 3.05) is 24.2 Å². The molecule has 7 nitrogen and oxygen atoms in total. The first-order valence-electron chi connectivity index (χ1n) is 11.1. The Morgan fingerprint density at radius 3 is 2.26 bits per heavy atom. The highest BCUT2D eigenvalue weighted by Crippen LogP contribution is 2.30. The number of halogens is 3. The first kappa shape index (κ1) is 24.8. The van der Waals surface area contributed by atoms with Crippen molar-refractivity contribution < 1.29 is 31.2 Å². The van der Waals surface area contributed by atoms with Gasteiger partial charge in [0, 0.05) is 35.9 Å². The normalized spacial score (nSPS) is 14.8. The van der Waals surface area contributed by atoms with Crippen molar-refractivity contribution in [1.82, 2.24) is 9.47 Å². The first-order valence-corrected chi connectivity index (χ1v) is 12.8. The van der Waals surface area contributed by atoms with E-state index in [4.69, 9.17) is 0 Å². The van der Waals surface area contributed by atoms with E-state index in [9.17, 15) is 31.2 Å². The van der Waals surface area contributed by atoms with Crippen molar-refractivity contribution in [3.63, 3.8) is 0 Å². The fourth-order valence-electron chi connectivity index (χ4n) is 4.17. The van der Waals surface area contributed by atoms with E-state index < -0.39 is 33.2 Å². The van der Waals surface area contributed by atoms with Gasteiger partial charge in [0.2, 0.25) is 11.8 Å². The molecule has 2 amide bonds. The van der Waals surface area contributed by atoms with Crippen molar-refractivity contribution in [2.45, 2.75) is 36.9 Å². The molecule has 4 rings (SSSR count). The van der Waals surface area contributed by atoms with Gasteiger partial charge < -0.3 is 14.8 Å². The number of anilines is 1. The molecule has 0 atom stereocenters. The molecule has 1 aliphatic heterocycles. The standard InChI is InChI=1S/C24H24F3N3O4S/c25-24(26,27)17-8-10-18(11-9-17)28-22(31)16-35(33,34)21-14-30(20-7-3-2-6-19(20)21)15-23(32)29-12-4-1-5-13-29/h2-3,6-11,14H,1,4-5,12-13,15-16H2,(H,28,31). The summed E-state index contributed by atoms with van der Waals surface area (Å²) in [5.41, 5.74) is -0.276. The van der Waals surface area contributed by atoms with Crippen molar-refractivity contribution in [3.8, 4) is 0 Å². The molecule has 0 aliphatic carbocycles. The molecule has 1 aliphatic rings. The second kappa shape index (κ2) is 9.73. The van der Waals surface area contributed by atoms with Crippen LogP contribution in [-0.4, -0.2) is 48.5 Å². The van der Waals surface area contributed by atoms with E-state index in [2.05, 4.69) is 5.32 Å². The number of hydrogen-bond donors (Lipinski definition) is 1. The molecule has 11 heteroatoms. The van der Waals surface area contributed by atoms with Gasteiger partial charge in [-0.2, -0.15) is 13.2 Å². The van der Waals surface area contributed by atoms with Gasteiger partial charge in [0.1, 0.15) is 12.3 Å². The fourth-order valence-corrected chi connectivity index (χ4v) is 5.54. The minimum Gasteiger partial charge on any atom is -0.341 e. The van der Waals surface area contributed by atoms with Gasteiger partial charge in [-0.15, -0.1) is 0 Å². The van der Waals surface area contributed by atoms with Crippen LogP contribution < -0.4 is 5.32 Å². The molecule has 0 saturated carbocycles. The number of rotatable bonds is 6. The zero-order chi connectivity index (χ0) is 25.2. The number of piperidine rings is 1. The third-order valence-corrected chi connectivity index (χ3v) is 7.56. The molecule has 0 bridgehead atoms. The van der Waals surface area contributed by atoms with E-state index in [0.29, 0.717) is 24.0 Å². The number of alkyl halides is 3. The summed E-state index contributed by atoms with van der Waals surface area (Å²) in [4.78, 5) is 26.9. The molecule has 1 aromatic heterocycles. The summed E-state index contributed by atoms with van der Waals surface area (Å²) in [6.45, 7) is 1.33.